The molecule has 2 aromatic heterocycles. The van der Waals surface area contributed by atoms with Crippen LogP contribution in [0.5, 0.6) is 0 Å². The number of rotatable bonds is 1. The SMILES string of the molecule is Nc1cc(-c2ccncc2)nnc1N. The maximum Gasteiger partial charge on any atom is 0.169 e. The molecule has 2 aromatic rings. The van der Waals surface area contributed by atoms with Gasteiger partial charge in [0, 0.05) is 18.0 Å². The lowest BCUT2D eigenvalue weighted by atomic mass is 10.2. The molecule has 2 rings (SSSR count). The fourth-order valence-corrected chi connectivity index (χ4v) is 1.08. The first-order valence-corrected chi connectivity index (χ1v) is 4.06. The Labute approximate surface area is 80.8 Å². The Morgan fingerprint density at radius 3 is 2.36 bits per heavy atom. The van der Waals surface area contributed by atoms with Crippen LogP contribution < -0.4 is 11.5 Å². The summed E-state index contributed by atoms with van der Waals surface area (Å²) in [7, 11) is 0. The first-order valence-electron chi connectivity index (χ1n) is 4.06. The van der Waals surface area contributed by atoms with E-state index in [0.29, 0.717) is 11.4 Å². The molecule has 0 saturated heterocycles. The van der Waals surface area contributed by atoms with Gasteiger partial charge in [0.15, 0.2) is 5.82 Å². The Hall–Kier alpha value is -2.17. The summed E-state index contributed by atoms with van der Waals surface area (Å²) in [5.74, 6) is 0.253. The van der Waals surface area contributed by atoms with Crippen LogP contribution in [-0.4, -0.2) is 15.2 Å². The highest BCUT2D eigenvalue weighted by Crippen LogP contribution is 2.19. The molecule has 0 amide bonds. The fourth-order valence-electron chi connectivity index (χ4n) is 1.08. The van der Waals surface area contributed by atoms with Crippen molar-refractivity contribution in [1.29, 1.82) is 0 Å². The van der Waals surface area contributed by atoms with E-state index in [4.69, 9.17) is 11.5 Å². The van der Waals surface area contributed by atoms with Gasteiger partial charge in [0.2, 0.25) is 0 Å². The summed E-state index contributed by atoms with van der Waals surface area (Å²) in [4.78, 5) is 3.91. The van der Waals surface area contributed by atoms with E-state index in [2.05, 4.69) is 15.2 Å². The van der Waals surface area contributed by atoms with Crippen molar-refractivity contribution in [2.75, 3.05) is 11.5 Å². The molecule has 70 valence electrons. The minimum atomic E-state index is 0.253. The van der Waals surface area contributed by atoms with Crippen molar-refractivity contribution < 1.29 is 0 Å². The maximum atomic E-state index is 5.61. The molecule has 0 atom stereocenters. The summed E-state index contributed by atoms with van der Waals surface area (Å²) < 4.78 is 0. The Morgan fingerprint density at radius 1 is 1.00 bits per heavy atom. The van der Waals surface area contributed by atoms with E-state index in [1.54, 1.807) is 18.5 Å². The summed E-state index contributed by atoms with van der Waals surface area (Å²) in [6, 6.07) is 5.36. The summed E-state index contributed by atoms with van der Waals surface area (Å²) in [5.41, 5.74) is 13.1. The second kappa shape index (κ2) is 3.29. The number of hydrogen-bond donors (Lipinski definition) is 2. The molecule has 0 saturated carbocycles. The normalized spacial score (nSPS) is 10.0. The van der Waals surface area contributed by atoms with E-state index < -0.39 is 0 Å². The minimum absolute atomic E-state index is 0.253. The van der Waals surface area contributed by atoms with E-state index >= 15 is 0 Å². The Morgan fingerprint density at radius 2 is 1.71 bits per heavy atom. The first-order chi connectivity index (χ1) is 6.77. The first kappa shape index (κ1) is 8.43. The number of anilines is 2. The topological polar surface area (TPSA) is 90.7 Å². The van der Waals surface area contributed by atoms with Crippen LogP contribution in [0, 0.1) is 0 Å². The molecule has 0 radical (unpaired) electrons. The van der Waals surface area contributed by atoms with Gasteiger partial charge < -0.3 is 11.5 Å². The summed E-state index contributed by atoms with van der Waals surface area (Å²) in [5, 5.41) is 7.66. The molecule has 0 fully saturated rings. The van der Waals surface area contributed by atoms with E-state index in [0.717, 1.165) is 5.56 Å². The van der Waals surface area contributed by atoms with Gasteiger partial charge in [0.05, 0.1) is 11.4 Å². The average Bonchev–Trinajstić information content (AvgIpc) is 2.23. The largest absolute Gasteiger partial charge is 0.396 e. The lowest BCUT2D eigenvalue weighted by Crippen LogP contribution is -2.00. The smallest absolute Gasteiger partial charge is 0.169 e. The number of pyridine rings is 1. The van der Waals surface area contributed by atoms with Crippen LogP contribution >= 0.6 is 0 Å². The molecule has 0 aliphatic carbocycles. The summed E-state index contributed by atoms with van der Waals surface area (Å²) >= 11 is 0. The Bertz CT molecular complexity index is 440. The van der Waals surface area contributed by atoms with Crippen molar-refractivity contribution in [3.05, 3.63) is 30.6 Å². The molecule has 0 aliphatic rings. The predicted molar refractivity (Wildman–Crippen MR) is 54.1 cm³/mol. The highest BCUT2D eigenvalue weighted by molar-refractivity contribution is 5.67. The van der Waals surface area contributed by atoms with Gasteiger partial charge in [-0.1, -0.05) is 0 Å². The maximum absolute atomic E-state index is 5.61. The van der Waals surface area contributed by atoms with Crippen molar-refractivity contribution in [1.82, 2.24) is 15.2 Å². The average molecular weight is 187 g/mol. The van der Waals surface area contributed by atoms with Gasteiger partial charge in [-0.25, -0.2) is 0 Å². The van der Waals surface area contributed by atoms with Crippen LogP contribution in [-0.2, 0) is 0 Å². The van der Waals surface area contributed by atoms with Crippen LogP contribution in [0.1, 0.15) is 0 Å². The summed E-state index contributed by atoms with van der Waals surface area (Å²) in [6.07, 6.45) is 3.37. The van der Waals surface area contributed by atoms with Gasteiger partial charge >= 0.3 is 0 Å². The number of hydrogen-bond acceptors (Lipinski definition) is 5. The zero-order valence-electron chi connectivity index (χ0n) is 7.38. The number of nitrogens with two attached hydrogens (primary N) is 2. The van der Waals surface area contributed by atoms with Crippen molar-refractivity contribution in [3.63, 3.8) is 0 Å². The van der Waals surface area contributed by atoms with Gasteiger partial charge in [0.25, 0.3) is 0 Å². The Kier molecular flexibility index (Phi) is 1.98. The highest BCUT2D eigenvalue weighted by atomic mass is 15.1. The molecule has 14 heavy (non-hydrogen) atoms. The van der Waals surface area contributed by atoms with Crippen molar-refractivity contribution in [3.8, 4) is 11.3 Å². The molecule has 0 spiro atoms. The van der Waals surface area contributed by atoms with Crippen LogP contribution in [0.4, 0.5) is 11.5 Å². The van der Waals surface area contributed by atoms with Crippen LogP contribution in [0.25, 0.3) is 11.3 Å². The number of nitrogen functional groups attached to an aromatic ring is 2. The Balaban J connectivity index is 2.48. The minimum Gasteiger partial charge on any atom is -0.396 e. The van der Waals surface area contributed by atoms with Gasteiger partial charge in [0.1, 0.15) is 0 Å². The number of nitrogens with zero attached hydrogens (tertiary/aromatic N) is 3. The quantitative estimate of drug-likeness (QED) is 0.685. The predicted octanol–water partition coefficient (Wildman–Crippen LogP) is 0.703. The van der Waals surface area contributed by atoms with E-state index in [1.807, 2.05) is 12.1 Å². The van der Waals surface area contributed by atoms with Crippen molar-refractivity contribution in [2.24, 2.45) is 0 Å². The second-order valence-electron chi connectivity index (χ2n) is 2.81. The van der Waals surface area contributed by atoms with E-state index in [-0.39, 0.29) is 5.82 Å². The highest BCUT2D eigenvalue weighted by Gasteiger charge is 2.02. The molecular weight excluding hydrogens is 178 g/mol. The molecule has 0 aromatic carbocycles. The van der Waals surface area contributed by atoms with Gasteiger partial charge in [-0.05, 0) is 18.2 Å². The standard InChI is InChI=1S/C9H9N5/c10-7-5-8(13-14-9(7)11)6-1-3-12-4-2-6/h1-5H,(H2,10,13)(H2,11,14). The van der Waals surface area contributed by atoms with Crippen LogP contribution in [0.3, 0.4) is 0 Å². The fraction of sp³-hybridized carbons (Fsp3) is 0. The molecule has 5 heteroatoms. The monoisotopic (exact) mass is 187 g/mol. The molecule has 4 N–H and O–H groups in total. The van der Waals surface area contributed by atoms with Crippen molar-refractivity contribution in [2.45, 2.75) is 0 Å². The molecule has 5 nitrogen and oxygen atoms in total. The van der Waals surface area contributed by atoms with Gasteiger partial charge in [-0.3, -0.25) is 4.98 Å². The number of aromatic nitrogens is 3. The van der Waals surface area contributed by atoms with Crippen LogP contribution in [0.2, 0.25) is 0 Å². The van der Waals surface area contributed by atoms with Crippen LogP contribution in [0.15, 0.2) is 30.6 Å². The van der Waals surface area contributed by atoms with E-state index in [1.165, 1.54) is 0 Å². The molecule has 0 aliphatic heterocycles. The molecule has 0 bridgehead atoms. The third-order valence-corrected chi connectivity index (χ3v) is 1.83. The lowest BCUT2D eigenvalue weighted by Gasteiger charge is -2.01. The lowest BCUT2D eigenvalue weighted by molar-refractivity contribution is 1.05. The third kappa shape index (κ3) is 1.47. The zero-order valence-corrected chi connectivity index (χ0v) is 7.38. The third-order valence-electron chi connectivity index (χ3n) is 1.83. The second-order valence-corrected chi connectivity index (χ2v) is 2.81. The van der Waals surface area contributed by atoms with E-state index in [9.17, 15) is 0 Å². The zero-order chi connectivity index (χ0) is 9.97. The molecular formula is C9H9N5. The summed E-state index contributed by atoms with van der Waals surface area (Å²) in [6.45, 7) is 0. The van der Waals surface area contributed by atoms with Gasteiger partial charge in [-0.2, -0.15) is 0 Å². The van der Waals surface area contributed by atoms with Gasteiger partial charge in [-0.15, -0.1) is 10.2 Å². The molecule has 2 heterocycles. The van der Waals surface area contributed by atoms with Crippen molar-refractivity contribution >= 4 is 11.5 Å². The molecule has 0 unspecified atom stereocenters.